The van der Waals surface area contributed by atoms with E-state index in [1.165, 1.54) is 0 Å². The highest BCUT2D eigenvalue weighted by atomic mass is 79.9. The zero-order valence-electron chi connectivity index (χ0n) is 11.3. The summed E-state index contributed by atoms with van der Waals surface area (Å²) in [5.74, 6) is 0.499. The number of rotatable bonds is 2. The molecule has 9 heteroatoms. The fourth-order valence-corrected chi connectivity index (χ4v) is 2.65. The molecular weight excluding hydrogens is 398 g/mol. The number of hydrogen-bond acceptors (Lipinski definition) is 5. The zero-order chi connectivity index (χ0) is 14.8. The Bertz CT molecular complexity index is 550. The molecule has 0 aliphatic heterocycles. The van der Waals surface area contributed by atoms with E-state index in [4.69, 9.17) is 0 Å². The Kier molecular flexibility index (Phi) is 5.57. The molecule has 0 unspecified atom stereocenters. The van der Waals surface area contributed by atoms with Crippen molar-refractivity contribution in [1.29, 1.82) is 0 Å². The van der Waals surface area contributed by atoms with Crippen LogP contribution in [0.15, 0.2) is 18.7 Å². The monoisotopic (exact) mass is 411 g/mol. The Hall–Kier alpha value is -0.410. The van der Waals surface area contributed by atoms with Gasteiger partial charge in [0.05, 0.1) is 5.54 Å². The first-order valence-electron chi connectivity index (χ1n) is 5.32. The zero-order valence-corrected chi connectivity index (χ0v) is 15.3. The summed E-state index contributed by atoms with van der Waals surface area (Å²) in [6.07, 6.45) is 3.90. The molecule has 0 bridgehead atoms. The molecule has 1 aromatic rings. The van der Waals surface area contributed by atoms with Gasteiger partial charge >= 0.3 is 11.6 Å². The molecule has 0 saturated heterocycles. The number of nitrogens with zero attached hydrogens (tertiary/aromatic N) is 5. The van der Waals surface area contributed by atoms with Crippen LogP contribution in [-0.4, -0.2) is 32.9 Å². The van der Waals surface area contributed by atoms with E-state index in [-0.39, 0.29) is 16.5 Å². The lowest BCUT2D eigenvalue weighted by Gasteiger charge is -2.13. The van der Waals surface area contributed by atoms with Gasteiger partial charge in [0.15, 0.2) is 4.60 Å². The highest BCUT2D eigenvalue weighted by Gasteiger charge is 2.22. The van der Waals surface area contributed by atoms with Crippen LogP contribution < -0.4 is 0 Å². The van der Waals surface area contributed by atoms with Crippen LogP contribution in [-0.2, 0) is 10.7 Å². The standard InChI is InChI=1S/C10H15Br2N5OS/c1-10(2,3)16-17(18)9-7(12)13-6(11)8(14-9)15-19(4)5/h1-5H3/b17-16-. The predicted octanol–water partition coefficient (Wildman–Crippen LogP) is 4.09. The summed E-state index contributed by atoms with van der Waals surface area (Å²) in [7, 11) is -0.198. The van der Waals surface area contributed by atoms with E-state index in [2.05, 4.69) is 51.3 Å². The molecule has 0 amide bonds. The lowest BCUT2D eigenvalue weighted by Crippen LogP contribution is -2.13. The van der Waals surface area contributed by atoms with Crippen molar-refractivity contribution in [2.24, 2.45) is 9.48 Å². The summed E-state index contributed by atoms with van der Waals surface area (Å²) in [4.78, 5) is 8.84. The average molecular weight is 413 g/mol. The fourth-order valence-electron chi connectivity index (χ4n) is 1.05. The maximum atomic E-state index is 12.0. The molecule has 0 aliphatic rings. The molecule has 0 aromatic carbocycles. The predicted molar refractivity (Wildman–Crippen MR) is 84.2 cm³/mol. The lowest BCUT2D eigenvalue weighted by atomic mass is 10.1. The second-order valence-corrected chi connectivity index (χ2v) is 8.09. The van der Waals surface area contributed by atoms with Gasteiger partial charge < -0.3 is 5.21 Å². The van der Waals surface area contributed by atoms with Gasteiger partial charge in [-0.05, 0) is 70.1 Å². The molecule has 1 heterocycles. The Labute approximate surface area is 131 Å². The van der Waals surface area contributed by atoms with E-state index in [9.17, 15) is 5.21 Å². The van der Waals surface area contributed by atoms with Crippen molar-refractivity contribution < 1.29 is 4.86 Å². The Balaban J connectivity index is 3.37. The molecule has 0 fully saturated rings. The van der Waals surface area contributed by atoms with E-state index < -0.39 is 5.54 Å². The third kappa shape index (κ3) is 5.23. The topological polar surface area (TPSA) is 76.6 Å². The lowest BCUT2D eigenvalue weighted by molar-refractivity contribution is -0.454. The first-order valence-corrected chi connectivity index (χ1v) is 8.91. The molecule has 0 N–H and O–H groups in total. The Morgan fingerprint density at radius 3 is 2.21 bits per heavy atom. The fraction of sp³-hybridized carbons (Fsp3) is 0.600. The first kappa shape index (κ1) is 16.6. The maximum absolute atomic E-state index is 12.0. The van der Waals surface area contributed by atoms with Crippen LogP contribution in [0.3, 0.4) is 0 Å². The largest absolute Gasteiger partial charge is 0.691 e. The van der Waals surface area contributed by atoms with Gasteiger partial charge in [0.1, 0.15) is 0 Å². The van der Waals surface area contributed by atoms with Crippen molar-refractivity contribution in [3.8, 4) is 0 Å². The minimum absolute atomic E-state index is 0.0994. The van der Waals surface area contributed by atoms with Crippen LogP contribution >= 0.6 is 31.9 Å². The van der Waals surface area contributed by atoms with Gasteiger partial charge in [0.2, 0.25) is 4.60 Å². The minimum Gasteiger partial charge on any atom is -0.691 e. The minimum atomic E-state index is -0.493. The van der Waals surface area contributed by atoms with E-state index in [1.807, 2.05) is 33.3 Å². The molecule has 1 rings (SSSR count). The highest BCUT2D eigenvalue weighted by Crippen LogP contribution is 2.30. The van der Waals surface area contributed by atoms with Crippen molar-refractivity contribution in [2.75, 3.05) is 12.5 Å². The van der Waals surface area contributed by atoms with Gasteiger partial charge in [-0.3, -0.25) is 0 Å². The second kappa shape index (κ2) is 6.36. The van der Waals surface area contributed by atoms with E-state index in [1.54, 1.807) is 0 Å². The van der Waals surface area contributed by atoms with E-state index in [0.717, 1.165) is 0 Å². The van der Waals surface area contributed by atoms with Crippen LogP contribution in [0.5, 0.6) is 0 Å². The smallest absolute Gasteiger partial charge is 0.382 e. The third-order valence-corrected chi connectivity index (χ3v) is 3.22. The van der Waals surface area contributed by atoms with Crippen molar-refractivity contribution in [3.05, 3.63) is 14.4 Å². The molecule has 0 saturated carbocycles. The van der Waals surface area contributed by atoms with E-state index in [0.29, 0.717) is 19.9 Å². The van der Waals surface area contributed by atoms with Gasteiger partial charge in [-0.2, -0.15) is 4.36 Å². The van der Waals surface area contributed by atoms with Crippen LogP contribution in [0.4, 0.5) is 11.6 Å². The third-order valence-electron chi connectivity index (χ3n) is 1.62. The van der Waals surface area contributed by atoms with Gasteiger partial charge in [-0.15, -0.1) is 9.97 Å². The molecule has 106 valence electrons. The normalized spacial score (nSPS) is 12.9. The summed E-state index contributed by atoms with van der Waals surface area (Å²) in [6, 6.07) is 0. The van der Waals surface area contributed by atoms with Crippen LogP contribution in [0, 0.1) is 5.21 Å². The molecule has 19 heavy (non-hydrogen) atoms. The second-order valence-electron chi connectivity index (χ2n) is 4.86. The van der Waals surface area contributed by atoms with Crippen molar-refractivity contribution in [2.45, 2.75) is 26.3 Å². The molecule has 0 radical (unpaired) electrons. The van der Waals surface area contributed by atoms with Crippen molar-refractivity contribution in [1.82, 2.24) is 9.97 Å². The van der Waals surface area contributed by atoms with Gasteiger partial charge in [-0.1, -0.05) is 10.7 Å². The number of hydrogen-bond donors (Lipinski definition) is 0. The summed E-state index contributed by atoms with van der Waals surface area (Å²) < 4.78 is 5.14. The van der Waals surface area contributed by atoms with Crippen molar-refractivity contribution in [3.63, 3.8) is 0 Å². The quantitative estimate of drug-likeness (QED) is 0.417. The first-order chi connectivity index (χ1) is 8.60. The summed E-state index contributed by atoms with van der Waals surface area (Å²) in [5, 5.41) is 16.0. The van der Waals surface area contributed by atoms with Crippen LogP contribution in [0.1, 0.15) is 20.8 Å². The number of halogens is 2. The van der Waals surface area contributed by atoms with E-state index >= 15 is 0 Å². The summed E-state index contributed by atoms with van der Waals surface area (Å²) >= 11 is 6.49. The average Bonchev–Trinajstić information content (AvgIpc) is 2.18. The highest BCUT2D eigenvalue weighted by molar-refractivity contribution is 9.11. The molecule has 0 spiro atoms. The van der Waals surface area contributed by atoms with Gasteiger partial charge in [0, 0.05) is 0 Å². The maximum Gasteiger partial charge on any atom is 0.382 e. The Morgan fingerprint density at radius 1 is 1.16 bits per heavy atom. The van der Waals surface area contributed by atoms with Crippen molar-refractivity contribution >= 4 is 54.2 Å². The summed E-state index contributed by atoms with van der Waals surface area (Å²) in [6.45, 7) is 5.50. The SMILES string of the molecule is CS(C)=Nc1nc(/[N+]([O-])=N/C(C)(C)C)c(Br)nc1Br. The van der Waals surface area contributed by atoms with Gasteiger partial charge in [0.25, 0.3) is 0 Å². The van der Waals surface area contributed by atoms with Crippen LogP contribution in [0.2, 0.25) is 0 Å². The molecule has 0 atom stereocenters. The molecule has 0 aliphatic carbocycles. The summed E-state index contributed by atoms with van der Waals surface area (Å²) in [5.41, 5.74) is -0.493. The molecule has 1 aromatic heterocycles. The number of azo groups is 1. The van der Waals surface area contributed by atoms with Gasteiger partial charge in [-0.25, -0.2) is 4.98 Å². The number of aromatic nitrogens is 2. The Morgan fingerprint density at radius 2 is 1.74 bits per heavy atom. The van der Waals surface area contributed by atoms with Crippen LogP contribution in [0.25, 0.3) is 0 Å². The molecule has 6 nitrogen and oxygen atoms in total. The molecular formula is C10H15Br2N5OS.